The minimum absolute atomic E-state index is 0.290. The van der Waals surface area contributed by atoms with Gasteiger partial charge in [-0.2, -0.15) is 5.10 Å². The molecule has 0 aliphatic carbocycles. The summed E-state index contributed by atoms with van der Waals surface area (Å²) in [4.78, 5) is 18.5. The number of rotatable bonds is 3. The summed E-state index contributed by atoms with van der Waals surface area (Å²) >= 11 is 18.6. The molecule has 0 fully saturated rings. The van der Waals surface area contributed by atoms with Crippen LogP contribution in [-0.2, 0) is 0 Å². The minimum atomic E-state index is -0.290. The summed E-state index contributed by atoms with van der Waals surface area (Å²) in [5.41, 5.74) is 2.13. The van der Waals surface area contributed by atoms with E-state index in [1.54, 1.807) is 47.1 Å². The first-order valence-corrected chi connectivity index (χ1v) is 10.4. The van der Waals surface area contributed by atoms with E-state index >= 15 is 0 Å². The van der Waals surface area contributed by atoms with Crippen molar-refractivity contribution in [3.8, 4) is 22.8 Å². The van der Waals surface area contributed by atoms with Crippen molar-refractivity contribution in [2.45, 2.75) is 0 Å². The largest absolute Gasteiger partial charge is 0.269 e. The van der Waals surface area contributed by atoms with E-state index in [4.69, 9.17) is 39.8 Å². The van der Waals surface area contributed by atoms with Crippen molar-refractivity contribution in [1.29, 1.82) is 0 Å². The lowest BCUT2D eigenvalue weighted by Gasteiger charge is -2.15. The fourth-order valence-corrected chi connectivity index (χ4v) is 4.02. The average molecular weight is 468 g/mol. The van der Waals surface area contributed by atoms with E-state index in [-0.39, 0.29) is 5.56 Å². The van der Waals surface area contributed by atoms with Crippen LogP contribution in [0.15, 0.2) is 83.8 Å². The van der Waals surface area contributed by atoms with Gasteiger partial charge in [0, 0.05) is 15.6 Å². The van der Waals surface area contributed by atoms with Crippen molar-refractivity contribution in [2.75, 3.05) is 0 Å². The minimum Gasteiger partial charge on any atom is -0.268 e. The van der Waals surface area contributed by atoms with E-state index in [0.29, 0.717) is 43.2 Å². The van der Waals surface area contributed by atoms with Gasteiger partial charge in [0.05, 0.1) is 22.6 Å². The third-order valence-electron chi connectivity index (χ3n) is 4.85. The molecule has 0 unspecified atom stereocenters. The Balaban J connectivity index is 1.87. The molecule has 8 heteroatoms. The van der Waals surface area contributed by atoms with Crippen LogP contribution >= 0.6 is 34.8 Å². The summed E-state index contributed by atoms with van der Waals surface area (Å²) < 4.78 is 3.12. The molecule has 0 saturated carbocycles. The van der Waals surface area contributed by atoms with Gasteiger partial charge in [-0.25, -0.2) is 9.67 Å². The van der Waals surface area contributed by atoms with Crippen LogP contribution in [0, 0.1) is 0 Å². The molecule has 0 aliphatic heterocycles. The fraction of sp³-hybridized carbons (Fsp3) is 0. The summed E-state index contributed by atoms with van der Waals surface area (Å²) in [6.45, 7) is 0. The molecule has 2 aromatic heterocycles. The summed E-state index contributed by atoms with van der Waals surface area (Å²) in [5.74, 6) is 0.413. The molecule has 5 nitrogen and oxygen atoms in total. The van der Waals surface area contributed by atoms with Gasteiger partial charge in [0.2, 0.25) is 0 Å². The fourth-order valence-electron chi connectivity index (χ4n) is 3.40. The van der Waals surface area contributed by atoms with Crippen molar-refractivity contribution in [1.82, 2.24) is 19.3 Å². The Morgan fingerprint density at radius 3 is 2.23 bits per heavy atom. The summed E-state index contributed by atoms with van der Waals surface area (Å²) in [7, 11) is 0. The molecule has 5 aromatic rings. The van der Waals surface area contributed by atoms with E-state index in [0.717, 1.165) is 5.69 Å². The normalized spacial score (nSPS) is 11.2. The van der Waals surface area contributed by atoms with Crippen molar-refractivity contribution in [2.24, 2.45) is 0 Å². The summed E-state index contributed by atoms with van der Waals surface area (Å²) in [6, 6.07) is 21.6. The molecule has 0 radical (unpaired) electrons. The second-order valence-electron chi connectivity index (χ2n) is 6.81. The first-order valence-electron chi connectivity index (χ1n) is 9.30. The quantitative estimate of drug-likeness (QED) is 0.317. The molecule has 0 spiro atoms. The number of benzene rings is 3. The predicted octanol–water partition coefficient (Wildman–Crippen LogP) is 6.20. The van der Waals surface area contributed by atoms with Crippen molar-refractivity contribution in [3.05, 3.63) is 104 Å². The first kappa shape index (κ1) is 19.8. The lowest BCUT2D eigenvalue weighted by atomic mass is 10.2. The smallest absolute Gasteiger partial charge is 0.268 e. The zero-order chi connectivity index (χ0) is 21.5. The molecule has 31 heavy (non-hydrogen) atoms. The molecule has 0 atom stereocenters. The molecule has 0 saturated heterocycles. The third kappa shape index (κ3) is 3.51. The van der Waals surface area contributed by atoms with E-state index in [2.05, 4.69) is 5.10 Å². The average Bonchev–Trinajstić information content (AvgIpc) is 3.20. The van der Waals surface area contributed by atoms with Gasteiger partial charge in [-0.15, -0.1) is 0 Å². The number of fused-ring (bicyclic) bond motifs is 1. The molecule has 0 bridgehead atoms. The molecular weight excluding hydrogens is 455 g/mol. The van der Waals surface area contributed by atoms with E-state index < -0.39 is 0 Å². The number of para-hydroxylation sites is 1. The molecule has 0 aliphatic rings. The molecule has 3 aromatic carbocycles. The zero-order valence-electron chi connectivity index (χ0n) is 15.8. The topological polar surface area (TPSA) is 52.7 Å². The highest BCUT2D eigenvalue weighted by molar-refractivity contribution is 6.35. The van der Waals surface area contributed by atoms with Gasteiger partial charge in [-0.05, 0) is 54.6 Å². The summed E-state index contributed by atoms with van der Waals surface area (Å²) in [5, 5.41) is 6.17. The van der Waals surface area contributed by atoms with Crippen LogP contribution in [0.5, 0.6) is 0 Å². The lowest BCUT2D eigenvalue weighted by molar-refractivity contribution is 0.888. The lowest BCUT2D eigenvalue weighted by Crippen LogP contribution is -2.22. The molecule has 5 rings (SSSR count). The van der Waals surface area contributed by atoms with Crippen molar-refractivity contribution in [3.63, 3.8) is 0 Å². The number of aromatic nitrogens is 4. The number of hydrogen-bond donors (Lipinski definition) is 0. The molecular formula is C23H13Cl3N4O. The standard InChI is InChI=1S/C23H13Cl3N4O/c24-15-8-6-14(7-9-15)21-28-22-18(13-27-30(22)17-4-2-1-3-5-17)23(31)29(21)20-11-10-16(25)12-19(20)26/h1-13H. The van der Waals surface area contributed by atoms with Crippen LogP contribution in [-0.4, -0.2) is 19.3 Å². The monoisotopic (exact) mass is 466 g/mol. The van der Waals surface area contributed by atoms with Gasteiger partial charge >= 0.3 is 0 Å². The highest BCUT2D eigenvalue weighted by Crippen LogP contribution is 2.29. The Bertz CT molecular complexity index is 1480. The van der Waals surface area contributed by atoms with Gasteiger partial charge < -0.3 is 0 Å². The highest BCUT2D eigenvalue weighted by atomic mass is 35.5. The first-order chi connectivity index (χ1) is 15.0. The maximum Gasteiger partial charge on any atom is 0.269 e. The highest BCUT2D eigenvalue weighted by Gasteiger charge is 2.20. The van der Waals surface area contributed by atoms with E-state index in [1.807, 2.05) is 30.3 Å². The van der Waals surface area contributed by atoms with E-state index in [1.165, 1.54) is 10.8 Å². The maximum atomic E-state index is 13.6. The van der Waals surface area contributed by atoms with Crippen LogP contribution in [0.3, 0.4) is 0 Å². The Hall–Kier alpha value is -3.12. The van der Waals surface area contributed by atoms with Gasteiger partial charge in [0.25, 0.3) is 5.56 Å². The maximum absolute atomic E-state index is 13.6. The van der Waals surface area contributed by atoms with Crippen molar-refractivity contribution < 1.29 is 0 Å². The second kappa shape index (κ2) is 7.85. The zero-order valence-corrected chi connectivity index (χ0v) is 18.1. The Labute approximate surface area is 192 Å². The Morgan fingerprint density at radius 2 is 1.52 bits per heavy atom. The van der Waals surface area contributed by atoms with Crippen molar-refractivity contribution >= 4 is 45.8 Å². The Kier molecular flexibility index (Phi) is 5.02. The Morgan fingerprint density at radius 1 is 0.806 bits per heavy atom. The summed E-state index contributed by atoms with van der Waals surface area (Å²) in [6.07, 6.45) is 1.52. The van der Waals surface area contributed by atoms with Gasteiger partial charge in [-0.1, -0.05) is 53.0 Å². The number of hydrogen-bond acceptors (Lipinski definition) is 3. The number of nitrogens with zero attached hydrogens (tertiary/aromatic N) is 4. The van der Waals surface area contributed by atoms with Crippen LogP contribution in [0.2, 0.25) is 15.1 Å². The SMILES string of the molecule is O=c1c2cnn(-c3ccccc3)c2nc(-c2ccc(Cl)cc2)n1-c1ccc(Cl)cc1Cl. The van der Waals surface area contributed by atoms with Crippen LogP contribution in [0.25, 0.3) is 33.8 Å². The van der Waals surface area contributed by atoms with Crippen LogP contribution < -0.4 is 5.56 Å². The molecule has 2 heterocycles. The van der Waals surface area contributed by atoms with Crippen LogP contribution in [0.4, 0.5) is 0 Å². The molecule has 0 N–H and O–H groups in total. The second-order valence-corrected chi connectivity index (χ2v) is 8.09. The molecule has 152 valence electrons. The third-order valence-corrected chi connectivity index (χ3v) is 5.64. The van der Waals surface area contributed by atoms with Crippen LogP contribution in [0.1, 0.15) is 0 Å². The van der Waals surface area contributed by atoms with Gasteiger partial charge in [-0.3, -0.25) is 9.36 Å². The van der Waals surface area contributed by atoms with Gasteiger partial charge in [0.1, 0.15) is 11.2 Å². The van der Waals surface area contributed by atoms with E-state index in [9.17, 15) is 4.79 Å². The predicted molar refractivity (Wildman–Crippen MR) is 125 cm³/mol. The van der Waals surface area contributed by atoms with Gasteiger partial charge in [0.15, 0.2) is 5.65 Å². The molecule has 0 amide bonds. The number of halogens is 3.